The first-order valence-electron chi connectivity index (χ1n) is 10.7. The van der Waals surface area contributed by atoms with E-state index in [0.29, 0.717) is 18.8 Å². The summed E-state index contributed by atoms with van der Waals surface area (Å²) >= 11 is 0. The van der Waals surface area contributed by atoms with Crippen LogP contribution in [0.1, 0.15) is 58.8 Å². The molecule has 4 rings (SSSR count). The van der Waals surface area contributed by atoms with Crippen LogP contribution in [0.2, 0.25) is 0 Å². The van der Waals surface area contributed by atoms with Crippen molar-refractivity contribution in [3.05, 3.63) is 58.9 Å². The summed E-state index contributed by atoms with van der Waals surface area (Å²) in [6, 6.07) is 7.93. The van der Waals surface area contributed by atoms with E-state index in [4.69, 9.17) is 0 Å². The fourth-order valence-corrected chi connectivity index (χ4v) is 5.62. The largest absolute Gasteiger partial charge is 0.357 e. The van der Waals surface area contributed by atoms with E-state index in [-0.39, 0.29) is 11.8 Å². The van der Waals surface area contributed by atoms with Crippen molar-refractivity contribution in [3.8, 4) is 0 Å². The van der Waals surface area contributed by atoms with Gasteiger partial charge in [-0.15, -0.1) is 0 Å². The van der Waals surface area contributed by atoms with Crippen molar-refractivity contribution < 1.29 is 13.2 Å². The van der Waals surface area contributed by atoms with Gasteiger partial charge in [0.05, 0.1) is 0 Å². The predicted octanol–water partition coefficient (Wildman–Crippen LogP) is 3.74. The molecule has 1 amide bonds. The second-order valence-corrected chi connectivity index (χ2v) is 10.7. The van der Waals surface area contributed by atoms with Gasteiger partial charge < -0.3 is 10.3 Å². The van der Waals surface area contributed by atoms with Crippen molar-refractivity contribution in [2.45, 2.75) is 38.5 Å². The third-order valence-corrected chi connectivity index (χ3v) is 8.09. The Morgan fingerprint density at radius 3 is 2.48 bits per heavy atom. The first-order valence-corrected chi connectivity index (χ1v) is 12.1. The number of benzene rings is 1. The first-order chi connectivity index (χ1) is 14.8. The molecule has 1 aromatic carbocycles. The molecule has 2 aromatic rings. The van der Waals surface area contributed by atoms with Gasteiger partial charge in [0, 0.05) is 50.6 Å². The molecule has 1 aliphatic carbocycles. The number of nitrogens with zero attached hydrogens (tertiary/aromatic N) is 2. The zero-order chi connectivity index (χ0) is 22.2. The molecule has 1 aliphatic heterocycles. The van der Waals surface area contributed by atoms with Crippen LogP contribution in [0.25, 0.3) is 5.57 Å². The summed E-state index contributed by atoms with van der Waals surface area (Å²) in [7, 11) is -0.129. The number of hydrogen-bond acceptors (Lipinski definition) is 3. The molecule has 0 unspecified atom stereocenters. The van der Waals surface area contributed by atoms with Crippen LogP contribution < -0.4 is 5.32 Å². The van der Waals surface area contributed by atoms with E-state index in [0.717, 1.165) is 41.6 Å². The summed E-state index contributed by atoms with van der Waals surface area (Å²) in [4.78, 5) is 15.8. The number of anilines is 1. The fraction of sp³-hybridized carbons (Fsp3) is 0.435. The van der Waals surface area contributed by atoms with Crippen molar-refractivity contribution in [2.24, 2.45) is 0 Å². The molecular formula is C23H30N4O3S. The minimum atomic E-state index is -3.37. The van der Waals surface area contributed by atoms with Crippen LogP contribution in [0, 0.1) is 6.92 Å². The number of hydrogen-bond donors (Lipinski definition) is 2. The van der Waals surface area contributed by atoms with Crippen molar-refractivity contribution in [1.82, 2.24) is 13.6 Å². The number of nitrogens with one attached hydrogen (secondary N) is 2. The lowest BCUT2D eigenvalue weighted by Gasteiger charge is -2.36. The van der Waals surface area contributed by atoms with Crippen LogP contribution in [0.5, 0.6) is 0 Å². The average molecular weight is 443 g/mol. The topological polar surface area (TPSA) is 85.5 Å². The van der Waals surface area contributed by atoms with Gasteiger partial charge in [0.2, 0.25) is 0 Å². The summed E-state index contributed by atoms with van der Waals surface area (Å²) in [5.41, 5.74) is 5.70. The molecule has 0 bridgehead atoms. The van der Waals surface area contributed by atoms with Gasteiger partial charge in [0.1, 0.15) is 5.69 Å². The molecular weight excluding hydrogens is 412 g/mol. The number of allylic oxidation sites excluding steroid dienone is 2. The van der Waals surface area contributed by atoms with Gasteiger partial charge >= 0.3 is 0 Å². The standard InChI is InChI=1S/C23H30N4O3S/c1-16-11-22(24-13-16)23(28)25-21-10-9-18(12-20(21)17-7-5-4-6-8-17)19-14-26(2)31(29,30)27(3)15-19/h7,9-13,19,24H,4-6,8,14-15H2,1-3H3,(H,25,28). The maximum absolute atomic E-state index is 12.8. The Morgan fingerprint density at radius 1 is 1.13 bits per heavy atom. The van der Waals surface area contributed by atoms with Crippen molar-refractivity contribution in [1.29, 1.82) is 0 Å². The highest BCUT2D eigenvalue weighted by Gasteiger charge is 2.34. The number of carbonyl (C=O) groups is 1. The maximum Gasteiger partial charge on any atom is 0.281 e. The highest BCUT2D eigenvalue weighted by molar-refractivity contribution is 7.86. The van der Waals surface area contributed by atoms with Gasteiger partial charge in [-0.2, -0.15) is 17.0 Å². The van der Waals surface area contributed by atoms with E-state index in [1.54, 1.807) is 14.1 Å². The third-order valence-electron chi connectivity index (χ3n) is 6.21. The van der Waals surface area contributed by atoms with E-state index in [1.807, 2.05) is 31.3 Å². The number of aromatic amines is 1. The molecule has 0 radical (unpaired) electrons. The molecule has 2 aliphatic rings. The SMILES string of the molecule is Cc1c[nH]c(C(=O)Nc2ccc(C3CN(C)S(=O)(=O)N(C)C3)cc2C2=CCCCC2)c1. The summed E-state index contributed by atoms with van der Waals surface area (Å²) in [6.07, 6.45) is 8.41. The Kier molecular flexibility index (Phi) is 6.05. The Hall–Kier alpha value is -2.42. The average Bonchev–Trinajstić information content (AvgIpc) is 3.19. The summed E-state index contributed by atoms with van der Waals surface area (Å²) in [6.45, 7) is 2.83. The lowest BCUT2D eigenvalue weighted by atomic mass is 9.89. The molecule has 1 saturated heterocycles. The van der Waals surface area contributed by atoms with Crippen LogP contribution >= 0.6 is 0 Å². The number of rotatable bonds is 4. The van der Waals surface area contributed by atoms with Gasteiger partial charge in [-0.25, -0.2) is 0 Å². The van der Waals surface area contributed by atoms with Gasteiger partial charge in [0.15, 0.2) is 0 Å². The maximum atomic E-state index is 12.8. The van der Waals surface area contributed by atoms with E-state index in [9.17, 15) is 13.2 Å². The molecule has 7 nitrogen and oxygen atoms in total. The summed E-state index contributed by atoms with van der Waals surface area (Å²) in [5, 5.41) is 3.07. The zero-order valence-corrected chi connectivity index (χ0v) is 19.1. The number of H-pyrrole nitrogens is 1. The summed E-state index contributed by atoms with van der Waals surface area (Å²) < 4.78 is 27.4. The minimum absolute atomic E-state index is 0.0669. The van der Waals surface area contributed by atoms with E-state index in [1.165, 1.54) is 20.6 Å². The zero-order valence-electron chi connectivity index (χ0n) is 18.3. The number of carbonyl (C=O) groups excluding carboxylic acids is 1. The van der Waals surface area contributed by atoms with Gasteiger partial charge in [0.25, 0.3) is 16.1 Å². The molecule has 1 fully saturated rings. The van der Waals surface area contributed by atoms with Crippen LogP contribution in [0.3, 0.4) is 0 Å². The lowest BCUT2D eigenvalue weighted by molar-refractivity contribution is 0.102. The van der Waals surface area contributed by atoms with E-state index in [2.05, 4.69) is 22.4 Å². The predicted molar refractivity (Wildman–Crippen MR) is 123 cm³/mol. The second kappa shape index (κ2) is 8.61. The van der Waals surface area contributed by atoms with Gasteiger partial charge in [-0.1, -0.05) is 12.1 Å². The highest BCUT2D eigenvalue weighted by Crippen LogP contribution is 2.35. The molecule has 8 heteroatoms. The molecule has 2 heterocycles. The number of aromatic nitrogens is 1. The second-order valence-electron chi connectivity index (χ2n) is 8.59. The molecule has 2 N–H and O–H groups in total. The molecule has 0 saturated carbocycles. The smallest absolute Gasteiger partial charge is 0.281 e. The Morgan fingerprint density at radius 2 is 1.87 bits per heavy atom. The lowest BCUT2D eigenvalue weighted by Crippen LogP contribution is -2.49. The van der Waals surface area contributed by atoms with Crippen LogP contribution in [-0.4, -0.2) is 55.1 Å². The van der Waals surface area contributed by atoms with Crippen molar-refractivity contribution in [2.75, 3.05) is 32.5 Å². The monoisotopic (exact) mass is 442 g/mol. The van der Waals surface area contributed by atoms with Crippen molar-refractivity contribution >= 4 is 27.4 Å². The number of amides is 1. The van der Waals surface area contributed by atoms with Crippen LogP contribution in [0.4, 0.5) is 5.69 Å². The Labute approximate surface area is 184 Å². The number of likely N-dealkylation sites (N-methyl/N-ethyl adjacent to an activating group) is 2. The quantitative estimate of drug-likeness (QED) is 0.756. The molecule has 31 heavy (non-hydrogen) atoms. The minimum Gasteiger partial charge on any atom is -0.357 e. The highest BCUT2D eigenvalue weighted by atomic mass is 32.2. The van der Waals surface area contributed by atoms with Gasteiger partial charge in [-0.3, -0.25) is 4.79 Å². The third kappa shape index (κ3) is 4.46. The summed E-state index contributed by atoms with van der Waals surface area (Å²) in [5.74, 6) is -0.0981. The van der Waals surface area contributed by atoms with Crippen LogP contribution in [0.15, 0.2) is 36.5 Å². The molecule has 0 spiro atoms. The normalized spacial score (nSPS) is 20.4. The van der Waals surface area contributed by atoms with Crippen molar-refractivity contribution in [3.63, 3.8) is 0 Å². The fourth-order valence-electron chi connectivity index (χ4n) is 4.41. The Bertz CT molecular complexity index is 1100. The Balaban J connectivity index is 1.66. The first kappa shape index (κ1) is 21.8. The molecule has 0 atom stereocenters. The van der Waals surface area contributed by atoms with E-state index < -0.39 is 10.2 Å². The van der Waals surface area contributed by atoms with E-state index >= 15 is 0 Å². The molecule has 1 aromatic heterocycles. The molecule has 166 valence electrons. The van der Waals surface area contributed by atoms with Gasteiger partial charge in [-0.05, 0) is 67.5 Å². The number of aryl methyl sites for hydroxylation is 1. The van der Waals surface area contributed by atoms with Crippen LogP contribution in [-0.2, 0) is 10.2 Å².